The van der Waals surface area contributed by atoms with Gasteiger partial charge in [-0.05, 0) is 19.1 Å². The molecule has 1 amide bonds. The molecule has 4 heteroatoms. The van der Waals surface area contributed by atoms with Gasteiger partial charge in [-0.3, -0.25) is 14.8 Å². The molecule has 0 aromatic carbocycles. The van der Waals surface area contributed by atoms with E-state index in [9.17, 15) is 4.79 Å². The van der Waals surface area contributed by atoms with Crippen LogP contribution in [0.1, 0.15) is 16.1 Å². The van der Waals surface area contributed by atoms with Crippen molar-refractivity contribution in [3.63, 3.8) is 0 Å². The van der Waals surface area contributed by atoms with Crippen LogP contribution in [-0.4, -0.2) is 15.9 Å². The lowest BCUT2D eigenvalue weighted by Crippen LogP contribution is -2.14. The summed E-state index contributed by atoms with van der Waals surface area (Å²) >= 11 is 0. The molecule has 2 aromatic rings. The minimum Gasteiger partial charge on any atom is -0.365 e. The van der Waals surface area contributed by atoms with Crippen LogP contribution in [0.2, 0.25) is 0 Å². The third kappa shape index (κ3) is 1.21. The Labute approximate surface area is 80.8 Å². The number of carbonyl (C=O) groups excluding carboxylic acids is 1. The zero-order valence-corrected chi connectivity index (χ0v) is 7.69. The van der Waals surface area contributed by atoms with Crippen molar-refractivity contribution in [2.75, 3.05) is 0 Å². The summed E-state index contributed by atoms with van der Waals surface area (Å²) in [6.07, 6.45) is 3.32. The summed E-state index contributed by atoms with van der Waals surface area (Å²) in [5, 5.41) is 0.826. The number of fused-ring (bicyclic) bond motifs is 1. The molecule has 4 nitrogen and oxygen atoms in total. The number of hydrogen-bond acceptors (Lipinski definition) is 3. The van der Waals surface area contributed by atoms with Gasteiger partial charge in [0, 0.05) is 17.8 Å². The number of nitrogens with zero attached hydrogens (tertiary/aromatic N) is 2. The summed E-state index contributed by atoms with van der Waals surface area (Å²) in [5.74, 6) is -0.487. The Morgan fingerprint density at radius 3 is 2.93 bits per heavy atom. The first-order valence-electron chi connectivity index (χ1n) is 4.20. The molecule has 0 aliphatic rings. The number of nitrogens with two attached hydrogens (primary N) is 1. The smallest absolute Gasteiger partial charge is 0.252 e. The van der Waals surface area contributed by atoms with Crippen molar-refractivity contribution in [2.24, 2.45) is 5.73 Å². The van der Waals surface area contributed by atoms with Gasteiger partial charge in [-0.15, -0.1) is 0 Å². The number of rotatable bonds is 1. The van der Waals surface area contributed by atoms with Gasteiger partial charge in [0.25, 0.3) is 5.91 Å². The number of pyridine rings is 2. The third-order valence-electron chi connectivity index (χ3n) is 2.08. The van der Waals surface area contributed by atoms with E-state index in [2.05, 4.69) is 9.97 Å². The molecule has 0 fully saturated rings. The highest BCUT2D eigenvalue weighted by atomic mass is 16.1. The standard InChI is InChI=1S/C10H9N3O/c1-6-8(10(11)14)9-7(5-13-6)3-2-4-12-9/h2-5H,1H3,(H2,11,14). The first-order chi connectivity index (χ1) is 6.70. The lowest BCUT2D eigenvalue weighted by atomic mass is 10.1. The van der Waals surface area contributed by atoms with Gasteiger partial charge in [-0.1, -0.05) is 0 Å². The Balaban J connectivity index is 2.90. The van der Waals surface area contributed by atoms with Gasteiger partial charge < -0.3 is 5.73 Å². The average Bonchev–Trinajstić information content (AvgIpc) is 2.17. The van der Waals surface area contributed by atoms with Crippen LogP contribution in [0.3, 0.4) is 0 Å². The maximum atomic E-state index is 11.2. The summed E-state index contributed by atoms with van der Waals surface area (Å²) in [6, 6.07) is 3.64. The zero-order chi connectivity index (χ0) is 10.1. The zero-order valence-electron chi connectivity index (χ0n) is 7.69. The molecule has 0 unspecified atom stereocenters. The van der Waals surface area contributed by atoms with Gasteiger partial charge in [0.2, 0.25) is 0 Å². The van der Waals surface area contributed by atoms with Gasteiger partial charge >= 0.3 is 0 Å². The molecular formula is C10H9N3O. The molecule has 0 bridgehead atoms. The molecule has 2 heterocycles. The third-order valence-corrected chi connectivity index (χ3v) is 2.08. The Hall–Kier alpha value is -1.97. The molecule has 0 aliphatic heterocycles. The first-order valence-corrected chi connectivity index (χ1v) is 4.20. The van der Waals surface area contributed by atoms with Crippen molar-refractivity contribution in [1.29, 1.82) is 0 Å². The molecule has 14 heavy (non-hydrogen) atoms. The van der Waals surface area contributed by atoms with Crippen LogP contribution in [0.4, 0.5) is 0 Å². The van der Waals surface area contributed by atoms with E-state index in [1.807, 2.05) is 6.07 Å². The van der Waals surface area contributed by atoms with E-state index in [1.165, 1.54) is 0 Å². The fourth-order valence-electron chi connectivity index (χ4n) is 1.43. The van der Waals surface area contributed by atoms with E-state index in [0.717, 1.165) is 5.39 Å². The number of aryl methyl sites for hydroxylation is 1. The van der Waals surface area contributed by atoms with Crippen LogP contribution in [0.5, 0.6) is 0 Å². The molecule has 0 spiro atoms. The number of hydrogen-bond donors (Lipinski definition) is 1. The first kappa shape index (κ1) is 8.62. The quantitative estimate of drug-likeness (QED) is 0.725. The number of primary amides is 1. The number of carbonyl (C=O) groups is 1. The normalized spacial score (nSPS) is 10.4. The van der Waals surface area contributed by atoms with Crippen molar-refractivity contribution >= 4 is 16.8 Å². The van der Waals surface area contributed by atoms with Crippen molar-refractivity contribution < 1.29 is 4.79 Å². The fourth-order valence-corrected chi connectivity index (χ4v) is 1.43. The Kier molecular flexibility index (Phi) is 1.89. The second kappa shape index (κ2) is 3.06. The highest BCUT2D eigenvalue weighted by molar-refractivity contribution is 6.05. The Morgan fingerprint density at radius 2 is 2.21 bits per heavy atom. The van der Waals surface area contributed by atoms with Gasteiger partial charge in [0.15, 0.2) is 0 Å². The van der Waals surface area contributed by atoms with Crippen LogP contribution in [0.15, 0.2) is 24.5 Å². The maximum absolute atomic E-state index is 11.2. The highest BCUT2D eigenvalue weighted by Gasteiger charge is 2.11. The minimum absolute atomic E-state index is 0.406. The second-order valence-corrected chi connectivity index (χ2v) is 3.02. The SMILES string of the molecule is Cc1ncc2cccnc2c1C(N)=O. The van der Waals surface area contributed by atoms with E-state index in [-0.39, 0.29) is 0 Å². The predicted octanol–water partition coefficient (Wildman–Crippen LogP) is 1.04. The summed E-state index contributed by atoms with van der Waals surface area (Å²) in [4.78, 5) is 19.4. The Morgan fingerprint density at radius 1 is 1.43 bits per heavy atom. The van der Waals surface area contributed by atoms with Crippen molar-refractivity contribution in [3.05, 3.63) is 35.8 Å². The monoisotopic (exact) mass is 187 g/mol. The fraction of sp³-hybridized carbons (Fsp3) is 0.100. The molecule has 2 N–H and O–H groups in total. The molecule has 0 aliphatic carbocycles. The largest absolute Gasteiger partial charge is 0.365 e. The average molecular weight is 187 g/mol. The topological polar surface area (TPSA) is 68.9 Å². The van der Waals surface area contributed by atoms with Crippen LogP contribution < -0.4 is 5.73 Å². The molecule has 2 aromatic heterocycles. The number of aromatic nitrogens is 2. The van der Waals surface area contributed by atoms with Gasteiger partial charge in [-0.2, -0.15) is 0 Å². The van der Waals surface area contributed by atoms with Crippen LogP contribution in [0, 0.1) is 6.92 Å². The summed E-state index contributed by atoms with van der Waals surface area (Å²) in [7, 11) is 0. The molecular weight excluding hydrogens is 178 g/mol. The number of amides is 1. The van der Waals surface area contributed by atoms with E-state index in [4.69, 9.17) is 5.73 Å². The van der Waals surface area contributed by atoms with Crippen molar-refractivity contribution in [2.45, 2.75) is 6.92 Å². The lowest BCUT2D eigenvalue weighted by Gasteiger charge is -2.03. The van der Waals surface area contributed by atoms with Crippen LogP contribution in [-0.2, 0) is 0 Å². The minimum atomic E-state index is -0.487. The van der Waals surface area contributed by atoms with Crippen LogP contribution >= 0.6 is 0 Å². The predicted molar refractivity (Wildman–Crippen MR) is 52.8 cm³/mol. The molecule has 0 atom stereocenters. The summed E-state index contributed by atoms with van der Waals surface area (Å²) < 4.78 is 0. The van der Waals surface area contributed by atoms with E-state index < -0.39 is 5.91 Å². The molecule has 0 saturated carbocycles. The van der Waals surface area contributed by atoms with Crippen molar-refractivity contribution in [3.8, 4) is 0 Å². The summed E-state index contributed by atoms with van der Waals surface area (Å²) in [5.41, 5.74) is 6.90. The highest BCUT2D eigenvalue weighted by Crippen LogP contribution is 2.16. The second-order valence-electron chi connectivity index (χ2n) is 3.02. The molecule has 0 radical (unpaired) electrons. The lowest BCUT2D eigenvalue weighted by molar-refractivity contribution is 0.100. The summed E-state index contributed by atoms with van der Waals surface area (Å²) in [6.45, 7) is 1.74. The van der Waals surface area contributed by atoms with E-state index in [1.54, 1.807) is 25.4 Å². The van der Waals surface area contributed by atoms with Gasteiger partial charge in [-0.25, -0.2) is 0 Å². The van der Waals surface area contributed by atoms with E-state index >= 15 is 0 Å². The van der Waals surface area contributed by atoms with E-state index in [0.29, 0.717) is 16.8 Å². The molecule has 2 rings (SSSR count). The molecule has 0 saturated heterocycles. The van der Waals surface area contributed by atoms with Gasteiger partial charge in [0.05, 0.1) is 16.8 Å². The van der Waals surface area contributed by atoms with Gasteiger partial charge in [0.1, 0.15) is 0 Å². The van der Waals surface area contributed by atoms with Crippen LogP contribution in [0.25, 0.3) is 10.9 Å². The Bertz CT molecular complexity index is 508. The molecule has 70 valence electrons. The maximum Gasteiger partial charge on any atom is 0.252 e. The van der Waals surface area contributed by atoms with Crippen molar-refractivity contribution in [1.82, 2.24) is 9.97 Å².